The Hall–Kier alpha value is -4.69. The molecule has 61 heavy (non-hydrogen) atoms. The number of hydrogen-bond donors (Lipinski definition) is 2. The Bertz CT molecular complexity index is 2070. The average Bonchev–Trinajstić information content (AvgIpc) is 3.73. The van der Waals surface area contributed by atoms with Crippen molar-refractivity contribution >= 4 is 23.6 Å². The fourth-order valence-corrected chi connectivity index (χ4v) is 9.75. The number of rotatable bonds is 18. The fourth-order valence-electron chi connectivity index (χ4n) is 9.34. The Kier molecular flexibility index (Phi) is 14.2. The zero-order valence-corrected chi connectivity index (χ0v) is 36.8. The SMILES string of the molecule is C=CCOC12Oc3ccc(Oc4ccc(SC)cc4)cc3C3C(CCCCO)C(CCCCO)C=C(C(=NOC(C)(C)C)CC1N(Cc1ccc4c(c1)OCO4)C(=O)OC)C32. The fraction of sp³-hybridized carbons (Fsp3) is 0.500. The van der Waals surface area contributed by atoms with E-state index in [1.807, 2.05) is 81.6 Å². The normalized spacial score (nSPS) is 24.2. The minimum atomic E-state index is -1.45. The van der Waals surface area contributed by atoms with Crippen molar-refractivity contribution in [2.45, 2.75) is 101 Å². The second kappa shape index (κ2) is 19.6. The number of hydrogen-bond acceptors (Lipinski definition) is 12. The van der Waals surface area contributed by atoms with Crippen molar-refractivity contribution in [3.8, 4) is 28.7 Å². The van der Waals surface area contributed by atoms with Crippen LogP contribution in [0.3, 0.4) is 0 Å². The molecule has 2 aliphatic carbocycles. The second-order valence-electron chi connectivity index (χ2n) is 17.0. The van der Waals surface area contributed by atoms with Crippen LogP contribution in [0.1, 0.15) is 82.8 Å². The molecule has 4 aliphatic rings. The Morgan fingerprint density at radius 3 is 2.39 bits per heavy atom. The first-order chi connectivity index (χ1) is 29.5. The maximum absolute atomic E-state index is 14.3. The smallest absolute Gasteiger partial charge is 0.410 e. The summed E-state index contributed by atoms with van der Waals surface area (Å²) in [5.74, 6) is 1.20. The standard InChI is InChI=1S/C48H60N2O10S/c1-7-24-57-48-43(50(46(53)54-5)29-31-14-20-41-42(25-31)56-30-55-41)28-39(49-60-47(2,3)4)37-26-32(12-8-10-22-51)36(13-9-11-23-52)44(45(37)48)38-27-34(17-21-40(38)59-48)58-33-15-18-35(61-6)19-16-33/h7,14-21,25-27,32,36,43-45,51-52H,1,8-13,22-24,28-30H2,2-6H3. The van der Waals surface area contributed by atoms with E-state index in [1.54, 1.807) is 22.7 Å². The van der Waals surface area contributed by atoms with Crippen molar-refractivity contribution in [2.24, 2.45) is 22.9 Å². The van der Waals surface area contributed by atoms with Gasteiger partial charge < -0.3 is 43.5 Å². The molecule has 1 amide bonds. The van der Waals surface area contributed by atoms with Crippen molar-refractivity contribution in [3.63, 3.8) is 0 Å². The van der Waals surface area contributed by atoms with Crippen LogP contribution in [0, 0.1) is 17.8 Å². The number of nitrogens with zero attached hydrogens (tertiary/aromatic N) is 2. The van der Waals surface area contributed by atoms with Gasteiger partial charge in [0.05, 0.1) is 25.3 Å². The van der Waals surface area contributed by atoms with Crippen LogP contribution in [0.5, 0.6) is 28.7 Å². The third-order valence-corrected chi connectivity index (χ3v) is 12.7. The summed E-state index contributed by atoms with van der Waals surface area (Å²) in [6, 6.07) is 18.8. The monoisotopic (exact) mass is 856 g/mol. The van der Waals surface area contributed by atoms with Crippen molar-refractivity contribution < 1.29 is 48.3 Å². The first kappa shape index (κ1) is 44.4. The number of allylic oxidation sites excluding steroid dienone is 1. The van der Waals surface area contributed by atoms with Crippen LogP contribution in [-0.2, 0) is 20.9 Å². The molecule has 2 heterocycles. The van der Waals surface area contributed by atoms with Gasteiger partial charge in [-0.15, -0.1) is 18.3 Å². The average molecular weight is 857 g/mol. The van der Waals surface area contributed by atoms with Gasteiger partial charge in [-0.1, -0.05) is 36.2 Å². The number of benzene rings is 3. The van der Waals surface area contributed by atoms with E-state index in [-0.39, 0.29) is 57.3 Å². The van der Waals surface area contributed by atoms with Crippen LogP contribution >= 0.6 is 11.8 Å². The maximum atomic E-state index is 14.3. The molecule has 0 saturated heterocycles. The number of amides is 1. The van der Waals surface area contributed by atoms with E-state index in [0.717, 1.165) is 47.3 Å². The number of aliphatic hydroxyl groups excluding tert-OH is 2. The lowest BCUT2D eigenvalue weighted by atomic mass is 9.55. The number of methoxy groups -OCH3 is 1. The van der Waals surface area contributed by atoms with Crippen LogP contribution in [0.4, 0.5) is 4.79 Å². The van der Waals surface area contributed by atoms with Crippen LogP contribution in [0.15, 0.2) is 95.0 Å². The van der Waals surface area contributed by atoms with Gasteiger partial charge in [0.15, 0.2) is 11.5 Å². The van der Waals surface area contributed by atoms with Gasteiger partial charge in [0, 0.05) is 42.6 Å². The molecule has 2 N–H and O–H groups in total. The van der Waals surface area contributed by atoms with Crippen molar-refractivity contribution in [1.29, 1.82) is 0 Å². The van der Waals surface area contributed by atoms with E-state index >= 15 is 0 Å². The van der Waals surface area contributed by atoms with Crippen LogP contribution in [-0.4, -0.2) is 84.3 Å². The predicted octanol–water partition coefficient (Wildman–Crippen LogP) is 9.63. The highest BCUT2D eigenvalue weighted by Gasteiger charge is 2.65. The zero-order chi connectivity index (χ0) is 43.1. The second-order valence-corrected chi connectivity index (χ2v) is 17.9. The minimum absolute atomic E-state index is 0.0495. The van der Waals surface area contributed by atoms with Crippen molar-refractivity contribution in [2.75, 3.05) is 40.0 Å². The highest BCUT2D eigenvalue weighted by atomic mass is 32.2. The molecule has 328 valence electrons. The quantitative estimate of drug-likeness (QED) is 0.0548. The van der Waals surface area contributed by atoms with Gasteiger partial charge in [-0.3, -0.25) is 4.90 Å². The van der Waals surface area contributed by atoms with Gasteiger partial charge in [0.2, 0.25) is 12.6 Å². The van der Waals surface area contributed by atoms with Gasteiger partial charge in [-0.2, -0.15) is 0 Å². The van der Waals surface area contributed by atoms with Gasteiger partial charge in [0.1, 0.15) is 28.9 Å². The number of aliphatic hydroxyl groups is 2. The molecule has 1 saturated carbocycles. The van der Waals surface area contributed by atoms with Gasteiger partial charge in [-0.05, 0) is 130 Å². The molecular formula is C48H60N2O10S. The molecular weight excluding hydrogens is 797 g/mol. The summed E-state index contributed by atoms with van der Waals surface area (Å²) in [7, 11) is 1.38. The highest BCUT2D eigenvalue weighted by molar-refractivity contribution is 7.98. The lowest BCUT2D eigenvalue weighted by Gasteiger charge is -2.59. The number of unbranched alkanes of at least 4 members (excludes halogenated alkanes) is 2. The van der Waals surface area contributed by atoms with Crippen LogP contribution in [0.2, 0.25) is 0 Å². The number of ether oxygens (including phenoxy) is 6. The summed E-state index contributed by atoms with van der Waals surface area (Å²) >= 11 is 1.67. The number of thioether (sulfide) groups is 1. The van der Waals surface area contributed by atoms with Crippen LogP contribution < -0.4 is 18.9 Å². The van der Waals surface area contributed by atoms with E-state index in [0.29, 0.717) is 47.3 Å². The number of carbonyl (C=O) groups excluding carboxylic acids is 1. The third-order valence-electron chi connectivity index (χ3n) is 11.9. The molecule has 6 atom stereocenters. The summed E-state index contributed by atoms with van der Waals surface area (Å²) in [5, 5.41) is 24.8. The lowest BCUT2D eigenvalue weighted by Crippen LogP contribution is -2.70. The van der Waals surface area contributed by atoms with Crippen molar-refractivity contribution in [3.05, 3.63) is 96.1 Å². The molecule has 3 aromatic rings. The van der Waals surface area contributed by atoms with Crippen molar-refractivity contribution in [1.82, 2.24) is 4.90 Å². The first-order valence-corrected chi connectivity index (χ1v) is 22.6. The summed E-state index contributed by atoms with van der Waals surface area (Å²) in [5.41, 5.74) is 2.79. The molecule has 0 radical (unpaired) electrons. The molecule has 6 unspecified atom stereocenters. The van der Waals surface area contributed by atoms with E-state index in [9.17, 15) is 15.0 Å². The summed E-state index contributed by atoms with van der Waals surface area (Å²) in [6.07, 6.45) is 10.3. The summed E-state index contributed by atoms with van der Waals surface area (Å²) < 4.78 is 37.9. The number of oxime groups is 1. The molecule has 0 aromatic heterocycles. The Balaban J connectivity index is 1.44. The Morgan fingerprint density at radius 1 is 0.967 bits per heavy atom. The van der Waals surface area contributed by atoms with Gasteiger partial charge >= 0.3 is 6.09 Å². The largest absolute Gasteiger partial charge is 0.459 e. The van der Waals surface area contributed by atoms with Crippen LogP contribution in [0.25, 0.3) is 0 Å². The van der Waals surface area contributed by atoms with Gasteiger partial charge in [-0.25, -0.2) is 4.79 Å². The topological polar surface area (TPSA) is 138 Å². The highest BCUT2D eigenvalue weighted by Crippen LogP contribution is 2.62. The number of carbonyl (C=O) groups is 1. The van der Waals surface area contributed by atoms with E-state index in [4.69, 9.17) is 38.4 Å². The molecule has 0 spiro atoms. The zero-order valence-electron chi connectivity index (χ0n) is 36.0. The lowest BCUT2D eigenvalue weighted by molar-refractivity contribution is -0.256. The maximum Gasteiger partial charge on any atom is 0.410 e. The molecule has 7 rings (SSSR count). The van der Waals surface area contributed by atoms with E-state index < -0.39 is 29.4 Å². The Morgan fingerprint density at radius 2 is 1.69 bits per heavy atom. The van der Waals surface area contributed by atoms with E-state index in [2.05, 4.69) is 18.7 Å². The summed E-state index contributed by atoms with van der Waals surface area (Å²) in [4.78, 5) is 23.4. The molecule has 0 bridgehead atoms. The van der Waals surface area contributed by atoms with Gasteiger partial charge in [0.25, 0.3) is 0 Å². The minimum Gasteiger partial charge on any atom is -0.459 e. The van der Waals surface area contributed by atoms with E-state index in [1.165, 1.54) is 7.11 Å². The predicted molar refractivity (Wildman–Crippen MR) is 235 cm³/mol. The molecule has 13 heteroatoms. The molecule has 1 fully saturated rings. The summed E-state index contributed by atoms with van der Waals surface area (Å²) in [6.45, 7) is 10.5. The molecule has 12 nitrogen and oxygen atoms in total. The molecule has 3 aromatic carbocycles. The number of fused-ring (bicyclic) bond motifs is 3. The third kappa shape index (κ3) is 9.70. The first-order valence-electron chi connectivity index (χ1n) is 21.3. The Labute approximate surface area is 363 Å². The molecule has 2 aliphatic heterocycles.